The fourth-order valence-corrected chi connectivity index (χ4v) is 3.39. The Morgan fingerprint density at radius 2 is 0.705 bits per heavy atom. The molecule has 0 heterocycles. The number of carbonyl (C=O) groups excluding carboxylic acids is 1. The molecule has 12 heteroatoms. The van der Waals surface area contributed by atoms with Gasteiger partial charge in [0.2, 0.25) is 0 Å². The summed E-state index contributed by atoms with van der Waals surface area (Å²) in [5, 5.41) is 0. The molecule has 0 atom stereocenters. The van der Waals surface area contributed by atoms with Crippen LogP contribution < -0.4 is 0 Å². The molecule has 0 aliphatic carbocycles. The molecule has 0 unspecified atom stereocenters. The van der Waals surface area contributed by atoms with Gasteiger partial charge in [-0.15, -0.1) is 0 Å². The first kappa shape index (κ1) is 40.3. The van der Waals surface area contributed by atoms with E-state index in [2.05, 4.69) is 6.92 Å². The third kappa shape index (κ3) is 29.0. The number of ether oxygens (including phenoxy) is 11. The second kappa shape index (κ2) is 34.2. The van der Waals surface area contributed by atoms with Gasteiger partial charge in [-0.3, -0.25) is 0 Å². The molecule has 0 saturated carbocycles. The number of hydrogen-bond donors (Lipinski definition) is 0. The number of unbranched alkanes of at least 4 members (excludes halogenated alkanes) is 2. The number of hydrogen-bond acceptors (Lipinski definition) is 12. The lowest BCUT2D eigenvalue weighted by atomic mass is 10.2. The molecule has 12 nitrogen and oxygen atoms in total. The van der Waals surface area contributed by atoms with Gasteiger partial charge in [-0.05, 0) is 18.6 Å². The molecule has 1 rings (SSSR count). The minimum absolute atomic E-state index is 0.205. The predicted molar refractivity (Wildman–Crippen MR) is 164 cm³/mol. The maximum atomic E-state index is 11.8. The predicted octanol–water partition coefficient (Wildman–Crippen LogP) is 3.20. The number of benzene rings is 1. The fraction of sp³-hybridized carbons (Fsp3) is 0.781. The Balaban J connectivity index is 1.64. The minimum atomic E-state index is -0.354. The number of carbonyl (C=O) groups is 1. The lowest BCUT2D eigenvalue weighted by Gasteiger charge is -2.09. The number of esters is 1. The van der Waals surface area contributed by atoms with Gasteiger partial charge in [0.25, 0.3) is 0 Å². The standard InChI is InChI=1S/C32H56O12/c1-2-3-7-10-34-11-12-35-13-14-36-15-16-37-17-18-38-19-20-39-21-22-40-23-24-41-25-26-42-27-28-43-29-30-44-32(33)31-8-5-4-6-9-31/h4-6,8-9H,2-3,7,10-30H2,1H3. The first-order valence-electron chi connectivity index (χ1n) is 15.8. The van der Waals surface area contributed by atoms with Crippen molar-refractivity contribution in [3.05, 3.63) is 35.9 Å². The third-order valence-corrected chi connectivity index (χ3v) is 5.71. The van der Waals surface area contributed by atoms with Crippen molar-refractivity contribution < 1.29 is 56.9 Å². The monoisotopic (exact) mass is 632 g/mol. The van der Waals surface area contributed by atoms with Gasteiger partial charge in [0, 0.05) is 6.61 Å². The molecule has 0 saturated heterocycles. The van der Waals surface area contributed by atoms with E-state index in [0.29, 0.717) is 131 Å². The summed E-state index contributed by atoms with van der Waals surface area (Å²) >= 11 is 0. The van der Waals surface area contributed by atoms with Crippen molar-refractivity contribution in [3.63, 3.8) is 0 Å². The summed E-state index contributed by atoms with van der Waals surface area (Å²) in [6.07, 6.45) is 3.54. The maximum absolute atomic E-state index is 11.8. The second-order valence-electron chi connectivity index (χ2n) is 9.33. The normalized spacial score (nSPS) is 11.3. The van der Waals surface area contributed by atoms with Gasteiger partial charge in [-0.2, -0.15) is 0 Å². The van der Waals surface area contributed by atoms with Crippen molar-refractivity contribution in [1.29, 1.82) is 0 Å². The van der Waals surface area contributed by atoms with Crippen LogP contribution in [-0.4, -0.2) is 145 Å². The highest BCUT2D eigenvalue weighted by atomic mass is 16.6. The van der Waals surface area contributed by atoms with E-state index in [4.69, 9.17) is 52.1 Å². The Morgan fingerprint density at radius 3 is 1.02 bits per heavy atom. The first-order chi connectivity index (χ1) is 21.8. The second-order valence-corrected chi connectivity index (χ2v) is 9.33. The van der Waals surface area contributed by atoms with E-state index < -0.39 is 0 Å². The summed E-state index contributed by atoms with van der Waals surface area (Å²) in [7, 11) is 0. The molecular formula is C32H56O12. The third-order valence-electron chi connectivity index (χ3n) is 5.71. The smallest absolute Gasteiger partial charge is 0.338 e. The molecule has 0 spiro atoms. The zero-order chi connectivity index (χ0) is 31.4. The van der Waals surface area contributed by atoms with Crippen LogP contribution in [0.3, 0.4) is 0 Å². The van der Waals surface area contributed by atoms with E-state index in [9.17, 15) is 4.79 Å². The van der Waals surface area contributed by atoms with Crippen molar-refractivity contribution in [1.82, 2.24) is 0 Å². The molecule has 0 radical (unpaired) electrons. The fourth-order valence-electron chi connectivity index (χ4n) is 3.39. The summed E-state index contributed by atoms with van der Waals surface area (Å²) < 4.78 is 59.7. The van der Waals surface area contributed by atoms with Gasteiger partial charge < -0.3 is 52.1 Å². The topological polar surface area (TPSA) is 119 Å². The van der Waals surface area contributed by atoms with Crippen molar-refractivity contribution in [3.8, 4) is 0 Å². The van der Waals surface area contributed by atoms with E-state index in [1.54, 1.807) is 24.3 Å². The summed E-state index contributed by atoms with van der Waals surface area (Å²) in [5.74, 6) is -0.354. The largest absolute Gasteiger partial charge is 0.460 e. The molecule has 0 amide bonds. The maximum Gasteiger partial charge on any atom is 0.338 e. The van der Waals surface area contributed by atoms with Crippen molar-refractivity contribution in [2.24, 2.45) is 0 Å². The van der Waals surface area contributed by atoms with Gasteiger partial charge in [-0.1, -0.05) is 38.0 Å². The van der Waals surface area contributed by atoms with E-state index in [1.807, 2.05) is 6.07 Å². The highest BCUT2D eigenvalue weighted by Crippen LogP contribution is 2.00. The van der Waals surface area contributed by atoms with Crippen molar-refractivity contribution in [2.45, 2.75) is 26.2 Å². The molecule has 0 aliphatic rings. The quantitative estimate of drug-likeness (QED) is 0.0808. The summed E-state index contributed by atoms with van der Waals surface area (Å²) in [6.45, 7) is 12.8. The summed E-state index contributed by atoms with van der Waals surface area (Å²) in [6, 6.07) is 8.86. The summed E-state index contributed by atoms with van der Waals surface area (Å²) in [5.41, 5.74) is 0.527. The zero-order valence-electron chi connectivity index (χ0n) is 26.8. The van der Waals surface area contributed by atoms with Crippen LogP contribution in [0.15, 0.2) is 30.3 Å². The number of rotatable bonds is 35. The van der Waals surface area contributed by atoms with E-state index in [1.165, 1.54) is 12.8 Å². The highest BCUT2D eigenvalue weighted by Gasteiger charge is 2.05. The average molecular weight is 633 g/mol. The van der Waals surface area contributed by atoms with Crippen LogP contribution in [0.4, 0.5) is 0 Å². The molecular weight excluding hydrogens is 576 g/mol. The Bertz CT molecular complexity index is 710. The van der Waals surface area contributed by atoms with Gasteiger partial charge in [-0.25, -0.2) is 4.79 Å². The van der Waals surface area contributed by atoms with Gasteiger partial charge >= 0.3 is 5.97 Å². The van der Waals surface area contributed by atoms with E-state index in [-0.39, 0.29) is 12.6 Å². The van der Waals surface area contributed by atoms with Gasteiger partial charge in [0.05, 0.1) is 131 Å². The van der Waals surface area contributed by atoms with E-state index in [0.717, 1.165) is 13.0 Å². The molecule has 0 aliphatic heterocycles. The lowest BCUT2D eigenvalue weighted by molar-refractivity contribution is -0.0271. The summed E-state index contributed by atoms with van der Waals surface area (Å²) in [4.78, 5) is 11.8. The van der Waals surface area contributed by atoms with Gasteiger partial charge in [0.15, 0.2) is 0 Å². The van der Waals surface area contributed by atoms with Crippen LogP contribution in [0, 0.1) is 0 Å². The Hall–Kier alpha value is -1.71. The minimum Gasteiger partial charge on any atom is -0.460 e. The van der Waals surface area contributed by atoms with Crippen molar-refractivity contribution >= 4 is 5.97 Å². The SMILES string of the molecule is CCCCCOCCOCCOCCOCCOCCOCCOCCOCCOCCOCCOC(=O)c1ccccc1. The van der Waals surface area contributed by atoms with Crippen LogP contribution in [0.1, 0.15) is 36.5 Å². The molecule has 1 aromatic carbocycles. The molecule has 0 aromatic heterocycles. The molecule has 44 heavy (non-hydrogen) atoms. The van der Waals surface area contributed by atoms with E-state index >= 15 is 0 Å². The van der Waals surface area contributed by atoms with Crippen LogP contribution in [0.2, 0.25) is 0 Å². The zero-order valence-corrected chi connectivity index (χ0v) is 26.8. The van der Waals surface area contributed by atoms with Crippen LogP contribution in [0.25, 0.3) is 0 Å². The Labute approximate surface area is 263 Å². The van der Waals surface area contributed by atoms with Crippen LogP contribution in [-0.2, 0) is 52.1 Å². The Morgan fingerprint density at radius 1 is 0.409 bits per heavy atom. The molecule has 256 valence electrons. The molecule has 1 aromatic rings. The molecule has 0 fully saturated rings. The average Bonchev–Trinajstić information content (AvgIpc) is 3.05. The van der Waals surface area contributed by atoms with Gasteiger partial charge in [0.1, 0.15) is 6.61 Å². The lowest BCUT2D eigenvalue weighted by Crippen LogP contribution is -2.15. The highest BCUT2D eigenvalue weighted by molar-refractivity contribution is 5.89. The Kier molecular flexibility index (Phi) is 31.3. The van der Waals surface area contributed by atoms with Crippen molar-refractivity contribution in [2.75, 3.05) is 139 Å². The molecule has 0 N–H and O–H groups in total. The van der Waals surface area contributed by atoms with Crippen LogP contribution in [0.5, 0.6) is 0 Å². The molecule has 0 bridgehead atoms. The first-order valence-corrected chi connectivity index (χ1v) is 15.8. The van der Waals surface area contributed by atoms with Crippen LogP contribution >= 0.6 is 0 Å².